The van der Waals surface area contributed by atoms with Crippen molar-refractivity contribution in [2.45, 2.75) is 6.18 Å². The van der Waals surface area contributed by atoms with Gasteiger partial charge in [-0.2, -0.15) is 18.3 Å². The summed E-state index contributed by atoms with van der Waals surface area (Å²) in [6.07, 6.45) is -3.96. The summed E-state index contributed by atoms with van der Waals surface area (Å²) in [6.45, 7) is 0. The SMILES string of the molecule is COC(=O)c1c(-c2c(Cl)cccc2Cl)noc1-c1cnn(-c2ccc(Cl)cc2)c1C(F)(F)F. The summed E-state index contributed by atoms with van der Waals surface area (Å²) >= 11 is 18.3. The van der Waals surface area contributed by atoms with Gasteiger partial charge < -0.3 is 9.26 Å². The van der Waals surface area contributed by atoms with Crippen LogP contribution in [-0.2, 0) is 10.9 Å². The van der Waals surface area contributed by atoms with Gasteiger partial charge in [0.1, 0.15) is 11.3 Å². The molecule has 0 saturated carbocycles. The zero-order valence-corrected chi connectivity index (χ0v) is 18.7. The van der Waals surface area contributed by atoms with E-state index >= 15 is 0 Å². The van der Waals surface area contributed by atoms with Crippen LogP contribution in [0.3, 0.4) is 0 Å². The Labute approximate surface area is 199 Å². The molecular weight excluding hydrogens is 506 g/mol. The van der Waals surface area contributed by atoms with Gasteiger partial charge in [-0.05, 0) is 36.4 Å². The monoisotopic (exact) mass is 515 g/mol. The first-order valence-electron chi connectivity index (χ1n) is 9.07. The maximum atomic E-state index is 14.2. The second-order valence-electron chi connectivity index (χ2n) is 6.62. The highest BCUT2D eigenvalue weighted by Gasteiger charge is 2.42. The van der Waals surface area contributed by atoms with Crippen LogP contribution in [0.5, 0.6) is 0 Å². The van der Waals surface area contributed by atoms with Crippen LogP contribution in [0, 0.1) is 0 Å². The average molecular weight is 517 g/mol. The van der Waals surface area contributed by atoms with E-state index in [4.69, 9.17) is 44.1 Å². The van der Waals surface area contributed by atoms with E-state index in [-0.39, 0.29) is 32.6 Å². The van der Waals surface area contributed by atoms with E-state index < -0.39 is 29.2 Å². The number of nitrogens with zero attached hydrogens (tertiary/aromatic N) is 3. The quantitative estimate of drug-likeness (QED) is 0.274. The molecule has 0 amide bonds. The van der Waals surface area contributed by atoms with Crippen LogP contribution in [-0.4, -0.2) is 28.0 Å². The molecule has 0 radical (unpaired) electrons. The predicted octanol–water partition coefficient (Wildman–Crippen LogP) is 6.96. The van der Waals surface area contributed by atoms with Crippen LogP contribution in [0.25, 0.3) is 28.3 Å². The standard InChI is InChI=1S/C21H11Cl3F3N3O3/c1-32-20(31)16-17(15-13(23)3-2-4-14(15)24)29-33-18(16)12-9-28-30(19(12)21(25,26)27)11-7-5-10(22)6-8-11/h2-9H,1H3. The van der Waals surface area contributed by atoms with Crippen LogP contribution >= 0.6 is 34.8 Å². The smallest absolute Gasteiger partial charge is 0.434 e. The van der Waals surface area contributed by atoms with Crippen LogP contribution < -0.4 is 0 Å². The summed E-state index contributed by atoms with van der Waals surface area (Å²) in [6, 6.07) is 10.1. The highest BCUT2D eigenvalue weighted by atomic mass is 35.5. The molecule has 0 aliphatic rings. The van der Waals surface area contributed by atoms with Crippen molar-refractivity contribution >= 4 is 40.8 Å². The first-order valence-corrected chi connectivity index (χ1v) is 10.2. The van der Waals surface area contributed by atoms with Crippen molar-refractivity contribution in [2.75, 3.05) is 7.11 Å². The van der Waals surface area contributed by atoms with E-state index in [1.807, 2.05) is 0 Å². The first-order chi connectivity index (χ1) is 15.6. The second-order valence-corrected chi connectivity index (χ2v) is 7.87. The van der Waals surface area contributed by atoms with Crippen molar-refractivity contribution in [2.24, 2.45) is 0 Å². The zero-order valence-electron chi connectivity index (χ0n) is 16.5. The largest absolute Gasteiger partial charge is 0.465 e. The number of methoxy groups -OCH3 is 1. The molecule has 0 N–H and O–H groups in total. The van der Waals surface area contributed by atoms with Gasteiger partial charge >= 0.3 is 12.1 Å². The number of alkyl halides is 3. The molecule has 6 nitrogen and oxygen atoms in total. The lowest BCUT2D eigenvalue weighted by Crippen LogP contribution is -2.15. The number of hydrogen-bond acceptors (Lipinski definition) is 5. The lowest BCUT2D eigenvalue weighted by molar-refractivity contribution is -0.142. The first kappa shape index (κ1) is 23.2. The predicted molar refractivity (Wildman–Crippen MR) is 116 cm³/mol. The van der Waals surface area contributed by atoms with Gasteiger partial charge in [-0.25, -0.2) is 9.48 Å². The summed E-state index contributed by atoms with van der Waals surface area (Å²) < 4.78 is 53.1. The van der Waals surface area contributed by atoms with E-state index in [1.165, 1.54) is 36.4 Å². The van der Waals surface area contributed by atoms with E-state index in [9.17, 15) is 18.0 Å². The maximum Gasteiger partial charge on any atom is 0.434 e. The molecule has 0 bridgehead atoms. The summed E-state index contributed by atoms with van der Waals surface area (Å²) in [4.78, 5) is 12.6. The lowest BCUT2D eigenvalue weighted by Gasteiger charge is -2.12. The molecule has 0 aliphatic heterocycles. The molecular formula is C21H11Cl3F3N3O3. The molecule has 33 heavy (non-hydrogen) atoms. The van der Waals surface area contributed by atoms with Crippen molar-refractivity contribution in [1.29, 1.82) is 0 Å². The Morgan fingerprint density at radius 3 is 2.27 bits per heavy atom. The number of esters is 1. The third-order valence-corrected chi connectivity index (χ3v) is 5.52. The molecule has 0 spiro atoms. The van der Waals surface area contributed by atoms with Crippen molar-refractivity contribution in [3.8, 4) is 28.3 Å². The van der Waals surface area contributed by atoms with Gasteiger partial charge in [-0.15, -0.1) is 0 Å². The maximum absolute atomic E-state index is 14.2. The number of halogens is 6. The Hall–Kier alpha value is -3.01. The minimum atomic E-state index is -4.88. The van der Waals surface area contributed by atoms with Crippen LogP contribution in [0.2, 0.25) is 15.1 Å². The molecule has 4 rings (SSSR count). The van der Waals surface area contributed by atoms with Gasteiger partial charge in [0.15, 0.2) is 11.5 Å². The number of rotatable bonds is 4. The van der Waals surface area contributed by atoms with Crippen molar-refractivity contribution in [3.05, 3.63) is 75.0 Å². The highest BCUT2D eigenvalue weighted by molar-refractivity contribution is 6.39. The third-order valence-electron chi connectivity index (χ3n) is 4.63. The number of carbonyl (C=O) groups excluding carboxylic acids is 1. The third kappa shape index (κ3) is 4.19. The molecule has 4 aromatic rings. The molecule has 0 fully saturated rings. The Morgan fingerprint density at radius 1 is 1.06 bits per heavy atom. The Bertz CT molecular complexity index is 1330. The van der Waals surface area contributed by atoms with Gasteiger partial charge in [-0.3, -0.25) is 0 Å². The van der Waals surface area contributed by atoms with Crippen LogP contribution in [0.15, 0.2) is 53.2 Å². The molecule has 0 unspecified atom stereocenters. The molecule has 2 aromatic carbocycles. The van der Waals surface area contributed by atoms with E-state index in [2.05, 4.69) is 10.3 Å². The van der Waals surface area contributed by atoms with E-state index in [1.54, 1.807) is 6.07 Å². The number of carbonyl (C=O) groups is 1. The fourth-order valence-corrected chi connectivity index (χ4v) is 3.93. The molecule has 2 aromatic heterocycles. The van der Waals surface area contributed by atoms with Gasteiger partial charge in [0.25, 0.3) is 0 Å². The summed E-state index contributed by atoms with van der Waals surface area (Å²) in [5, 5.41) is 8.23. The second kappa shape index (κ2) is 8.74. The van der Waals surface area contributed by atoms with Crippen LogP contribution in [0.4, 0.5) is 13.2 Å². The van der Waals surface area contributed by atoms with Crippen molar-refractivity contribution in [3.63, 3.8) is 0 Å². The molecule has 0 saturated heterocycles. The normalized spacial score (nSPS) is 11.6. The number of hydrogen-bond donors (Lipinski definition) is 0. The number of benzene rings is 2. The summed E-state index contributed by atoms with van der Waals surface area (Å²) in [5.41, 5.74) is -2.07. The number of aromatic nitrogens is 3. The van der Waals surface area contributed by atoms with Crippen LogP contribution in [0.1, 0.15) is 16.1 Å². The minimum absolute atomic E-state index is 0.0893. The van der Waals surface area contributed by atoms with Crippen molar-refractivity contribution in [1.82, 2.24) is 14.9 Å². The summed E-state index contributed by atoms with van der Waals surface area (Å²) in [7, 11) is 1.07. The van der Waals surface area contributed by atoms with Crippen molar-refractivity contribution < 1.29 is 27.2 Å². The van der Waals surface area contributed by atoms with Gasteiger partial charge in [0.2, 0.25) is 0 Å². The minimum Gasteiger partial charge on any atom is -0.465 e. The van der Waals surface area contributed by atoms with Gasteiger partial charge in [-0.1, -0.05) is 46.0 Å². The summed E-state index contributed by atoms with van der Waals surface area (Å²) in [5.74, 6) is -1.50. The average Bonchev–Trinajstić information content (AvgIpc) is 3.38. The molecule has 0 aliphatic carbocycles. The lowest BCUT2D eigenvalue weighted by atomic mass is 10.0. The topological polar surface area (TPSA) is 70.2 Å². The van der Waals surface area contributed by atoms with Gasteiger partial charge in [0.05, 0.1) is 34.6 Å². The Balaban J connectivity index is 2.00. The van der Waals surface area contributed by atoms with Gasteiger partial charge in [0, 0.05) is 10.6 Å². The molecule has 12 heteroatoms. The zero-order chi connectivity index (χ0) is 23.9. The fraction of sp³-hybridized carbons (Fsp3) is 0.0952. The Morgan fingerprint density at radius 2 is 1.70 bits per heavy atom. The fourth-order valence-electron chi connectivity index (χ4n) is 3.23. The molecule has 0 atom stereocenters. The number of ether oxygens (including phenoxy) is 1. The van der Waals surface area contributed by atoms with E-state index in [0.29, 0.717) is 9.70 Å². The Kier molecular flexibility index (Phi) is 6.13. The highest BCUT2D eigenvalue weighted by Crippen LogP contribution is 2.44. The van der Waals surface area contributed by atoms with E-state index in [0.717, 1.165) is 13.3 Å². The molecule has 2 heterocycles. The molecule has 170 valence electrons.